The van der Waals surface area contributed by atoms with E-state index in [0.29, 0.717) is 0 Å². The van der Waals surface area contributed by atoms with Crippen LogP contribution in [0.25, 0.3) is 93.6 Å². The van der Waals surface area contributed by atoms with Crippen LogP contribution in [-0.4, -0.2) is 21.8 Å². The van der Waals surface area contributed by atoms with Gasteiger partial charge in [0.05, 0.1) is 38.8 Å². The molecular weight excluding hydrogens is 863 g/mol. The van der Waals surface area contributed by atoms with Crippen LogP contribution < -0.4 is 20.7 Å². The predicted molar refractivity (Wildman–Crippen MR) is 299 cm³/mol. The lowest BCUT2D eigenvalue weighted by atomic mass is 9.98. The number of nitrogens with zero attached hydrogens (tertiary/aromatic N) is 3. The topological polar surface area (TPSA) is 14.8 Å². The molecule has 328 valence electrons. The number of benzene rings is 11. The van der Waals surface area contributed by atoms with Crippen molar-refractivity contribution in [3.63, 3.8) is 0 Å². The Labute approximate surface area is 407 Å². The van der Waals surface area contributed by atoms with Gasteiger partial charge in [0, 0.05) is 43.7 Å². The lowest BCUT2D eigenvalue weighted by Gasteiger charge is -2.34. The van der Waals surface area contributed by atoms with Crippen molar-refractivity contribution >= 4 is 94.2 Å². The van der Waals surface area contributed by atoms with Gasteiger partial charge in [0.2, 0.25) is 0 Å². The summed E-state index contributed by atoms with van der Waals surface area (Å²) in [7, 11) is -2.70. The molecule has 0 saturated carbocycles. The summed E-state index contributed by atoms with van der Waals surface area (Å²) in [6, 6.07) is 101. The summed E-state index contributed by atoms with van der Waals surface area (Å²) in [5.41, 5.74) is 13.0. The molecule has 3 heterocycles. The summed E-state index contributed by atoms with van der Waals surface area (Å²) in [6.45, 7) is 0. The van der Waals surface area contributed by atoms with Gasteiger partial charge in [-0.2, -0.15) is 0 Å². The van der Waals surface area contributed by atoms with Crippen molar-refractivity contribution < 1.29 is 0 Å². The Morgan fingerprint density at radius 3 is 1.24 bits per heavy atom. The summed E-state index contributed by atoms with van der Waals surface area (Å²) in [5, 5.41) is 12.9. The third kappa shape index (κ3) is 5.94. The molecule has 14 aromatic rings. The van der Waals surface area contributed by atoms with Crippen molar-refractivity contribution in [3.8, 4) is 28.2 Å². The van der Waals surface area contributed by atoms with E-state index in [9.17, 15) is 0 Å². The Hall–Kier alpha value is -8.96. The maximum absolute atomic E-state index is 2.70. The Balaban J connectivity index is 0.979. The van der Waals surface area contributed by atoms with Crippen LogP contribution in [0.15, 0.2) is 273 Å². The minimum Gasteiger partial charge on any atom is -0.309 e. The number of hydrogen-bond donors (Lipinski definition) is 0. The van der Waals surface area contributed by atoms with E-state index in [4.69, 9.17) is 0 Å². The Morgan fingerprint density at radius 1 is 0.243 bits per heavy atom. The molecule has 0 bridgehead atoms. The average Bonchev–Trinajstić information content (AvgIpc) is 4.08. The van der Waals surface area contributed by atoms with E-state index in [0.717, 1.165) is 17.1 Å². The van der Waals surface area contributed by atoms with Crippen molar-refractivity contribution in [2.45, 2.75) is 0 Å². The second kappa shape index (κ2) is 16.1. The molecule has 0 saturated heterocycles. The summed E-state index contributed by atoms with van der Waals surface area (Å²) in [6.07, 6.45) is 0. The molecule has 4 heteroatoms. The van der Waals surface area contributed by atoms with E-state index in [2.05, 4.69) is 287 Å². The molecule has 0 amide bonds. The SMILES string of the molecule is c1ccc(-n2c3ccccc3c3c(-c4ccc5c6ccccc6n(-c6cccc7c6c6ccccc6n7-c6ccc([Si](c7ccccc7)(c7ccccc7)c7ccccc7)cc6)c5c4)cccc32)cc1. The highest BCUT2D eigenvalue weighted by Crippen LogP contribution is 2.43. The van der Waals surface area contributed by atoms with Gasteiger partial charge in [-0.3, -0.25) is 0 Å². The molecule has 0 aliphatic heterocycles. The molecule has 0 radical (unpaired) electrons. The van der Waals surface area contributed by atoms with Crippen molar-refractivity contribution in [1.29, 1.82) is 0 Å². The monoisotopic (exact) mass is 907 g/mol. The van der Waals surface area contributed by atoms with E-state index >= 15 is 0 Å². The van der Waals surface area contributed by atoms with E-state index in [1.54, 1.807) is 0 Å². The molecule has 3 nitrogen and oxygen atoms in total. The molecule has 0 N–H and O–H groups in total. The maximum Gasteiger partial charge on any atom is 0.179 e. The number of rotatable bonds is 8. The first-order valence-corrected chi connectivity index (χ1v) is 26.2. The van der Waals surface area contributed by atoms with Gasteiger partial charge in [0.1, 0.15) is 0 Å². The lowest BCUT2D eigenvalue weighted by molar-refractivity contribution is 1.17. The molecule has 0 atom stereocenters. The van der Waals surface area contributed by atoms with Crippen LogP contribution in [0.5, 0.6) is 0 Å². The summed E-state index contributed by atoms with van der Waals surface area (Å²) in [5.74, 6) is 0. The number of aromatic nitrogens is 3. The first kappa shape index (κ1) is 40.1. The summed E-state index contributed by atoms with van der Waals surface area (Å²) >= 11 is 0. The highest BCUT2D eigenvalue weighted by atomic mass is 28.3. The Kier molecular flexibility index (Phi) is 9.23. The van der Waals surface area contributed by atoms with Crippen molar-refractivity contribution in [3.05, 3.63) is 273 Å². The molecule has 0 aliphatic carbocycles. The van der Waals surface area contributed by atoms with E-state index in [1.807, 2.05) is 0 Å². The number of hydrogen-bond acceptors (Lipinski definition) is 0. The maximum atomic E-state index is 2.52. The third-order valence-corrected chi connectivity index (χ3v) is 19.6. The zero-order valence-electron chi connectivity index (χ0n) is 38.3. The van der Waals surface area contributed by atoms with E-state index < -0.39 is 8.07 Å². The second-order valence-corrected chi connectivity index (χ2v) is 22.2. The molecule has 70 heavy (non-hydrogen) atoms. The Bertz CT molecular complexity index is 4170. The highest BCUT2D eigenvalue weighted by molar-refractivity contribution is 7.19. The minimum atomic E-state index is -2.70. The molecular formula is C66H45N3Si. The van der Waals surface area contributed by atoms with Crippen molar-refractivity contribution in [2.24, 2.45) is 0 Å². The van der Waals surface area contributed by atoms with Crippen LogP contribution in [0.1, 0.15) is 0 Å². The van der Waals surface area contributed by atoms with Gasteiger partial charge in [-0.15, -0.1) is 0 Å². The van der Waals surface area contributed by atoms with Gasteiger partial charge in [-0.05, 0) is 98.6 Å². The molecule has 0 unspecified atom stereocenters. The predicted octanol–water partition coefficient (Wildman–Crippen LogP) is 14.0. The molecule has 14 rings (SSSR count). The van der Waals surface area contributed by atoms with Gasteiger partial charge < -0.3 is 13.7 Å². The smallest absolute Gasteiger partial charge is 0.179 e. The molecule has 0 aliphatic rings. The van der Waals surface area contributed by atoms with Crippen molar-refractivity contribution in [2.75, 3.05) is 0 Å². The molecule has 11 aromatic carbocycles. The first-order chi connectivity index (χ1) is 34.8. The van der Waals surface area contributed by atoms with Gasteiger partial charge in [-0.25, -0.2) is 0 Å². The zero-order chi connectivity index (χ0) is 46.2. The standard InChI is InChI=1S/C66H45N3Si/c1-5-21-47(22-6-1)67-59-34-17-14-30-56(59)65-53(32-19-36-61(65)67)46-39-44-55-54-29-13-16-33-58(54)69(64(55)45-46)63-38-20-37-62-66(63)57-31-15-18-35-60(57)68(62)48-40-42-52(43-41-48)70(49-23-7-2-8-24-49,50-25-9-3-10-26-50)51-27-11-4-12-28-51/h1-45H. The number of fused-ring (bicyclic) bond motifs is 9. The fourth-order valence-electron chi connectivity index (χ4n) is 11.9. The molecule has 0 fully saturated rings. The van der Waals surface area contributed by atoms with Crippen LogP contribution in [0.3, 0.4) is 0 Å². The molecule has 0 spiro atoms. The number of para-hydroxylation sites is 4. The third-order valence-electron chi connectivity index (χ3n) is 14.8. The van der Waals surface area contributed by atoms with Gasteiger partial charge in [0.15, 0.2) is 8.07 Å². The highest BCUT2D eigenvalue weighted by Gasteiger charge is 2.41. The summed E-state index contributed by atoms with van der Waals surface area (Å²) in [4.78, 5) is 0. The van der Waals surface area contributed by atoms with Crippen LogP contribution in [0.2, 0.25) is 0 Å². The fourth-order valence-corrected chi connectivity index (χ4v) is 16.6. The molecule has 3 aromatic heterocycles. The zero-order valence-corrected chi connectivity index (χ0v) is 39.3. The second-order valence-electron chi connectivity index (χ2n) is 18.4. The van der Waals surface area contributed by atoms with Crippen molar-refractivity contribution in [1.82, 2.24) is 13.7 Å². The van der Waals surface area contributed by atoms with Crippen LogP contribution in [0, 0.1) is 0 Å². The van der Waals surface area contributed by atoms with Crippen LogP contribution in [-0.2, 0) is 0 Å². The fraction of sp³-hybridized carbons (Fsp3) is 0. The van der Waals surface area contributed by atoms with Crippen LogP contribution >= 0.6 is 0 Å². The van der Waals surface area contributed by atoms with Gasteiger partial charge in [-0.1, -0.05) is 206 Å². The van der Waals surface area contributed by atoms with Gasteiger partial charge >= 0.3 is 0 Å². The first-order valence-electron chi connectivity index (χ1n) is 24.2. The minimum absolute atomic E-state index is 1.14. The van der Waals surface area contributed by atoms with E-state index in [-0.39, 0.29) is 0 Å². The lowest BCUT2D eigenvalue weighted by Crippen LogP contribution is -2.74. The average molecular weight is 908 g/mol. The van der Waals surface area contributed by atoms with Crippen LogP contribution in [0.4, 0.5) is 0 Å². The summed E-state index contributed by atoms with van der Waals surface area (Å²) < 4.78 is 7.39. The Morgan fingerprint density at radius 2 is 0.657 bits per heavy atom. The largest absolute Gasteiger partial charge is 0.309 e. The van der Waals surface area contributed by atoms with Gasteiger partial charge in [0.25, 0.3) is 0 Å². The quantitative estimate of drug-likeness (QED) is 0.107. The van der Waals surface area contributed by atoms with E-state index in [1.165, 1.54) is 97.3 Å². The normalized spacial score (nSPS) is 12.0.